The van der Waals surface area contributed by atoms with E-state index in [1.54, 1.807) is 0 Å². The Morgan fingerprint density at radius 3 is 2.91 bits per heavy atom. The molecule has 3 rings (SSSR count). The fourth-order valence-electron chi connectivity index (χ4n) is 3.39. The molecule has 1 aromatic heterocycles. The zero-order chi connectivity index (χ0) is 15.7. The SMILES string of the molecule is OC[C@@H]1CCCN(Cc2noc3c2COCC3)[C@@H]1C(F)(F)F. The minimum absolute atomic E-state index is 0.0723. The zero-order valence-electron chi connectivity index (χ0n) is 12.1. The van der Waals surface area contributed by atoms with Gasteiger partial charge in [-0.25, -0.2) is 0 Å². The molecule has 0 spiro atoms. The predicted molar refractivity (Wildman–Crippen MR) is 69.9 cm³/mol. The number of hydrogen-bond acceptors (Lipinski definition) is 5. The topological polar surface area (TPSA) is 58.7 Å². The molecule has 1 N–H and O–H groups in total. The Labute approximate surface area is 126 Å². The number of ether oxygens (including phenoxy) is 1. The van der Waals surface area contributed by atoms with Gasteiger partial charge in [0, 0.05) is 31.1 Å². The highest BCUT2D eigenvalue weighted by Crippen LogP contribution is 2.37. The molecule has 0 aliphatic carbocycles. The first-order chi connectivity index (χ1) is 10.5. The quantitative estimate of drug-likeness (QED) is 0.921. The number of aromatic nitrogens is 1. The van der Waals surface area contributed by atoms with Gasteiger partial charge in [0.05, 0.1) is 13.2 Å². The van der Waals surface area contributed by atoms with E-state index in [4.69, 9.17) is 9.26 Å². The number of hydrogen-bond donors (Lipinski definition) is 1. The van der Waals surface area contributed by atoms with Crippen LogP contribution < -0.4 is 0 Å². The third kappa shape index (κ3) is 3.00. The number of fused-ring (bicyclic) bond motifs is 1. The van der Waals surface area contributed by atoms with Crippen molar-refractivity contribution in [2.24, 2.45) is 5.92 Å². The minimum Gasteiger partial charge on any atom is -0.396 e. The molecular weight excluding hydrogens is 301 g/mol. The standard InChI is InChI=1S/C14H19F3N2O3/c15-14(16,17)13-9(7-20)2-1-4-19(13)6-11-10-8-21-5-3-12(10)22-18-11/h9,13,20H,1-8H2/t9-,13-/m0/s1. The van der Waals surface area contributed by atoms with Crippen LogP contribution in [0.5, 0.6) is 0 Å². The number of aliphatic hydroxyl groups excluding tert-OH is 1. The van der Waals surface area contributed by atoms with Crippen molar-refractivity contribution in [3.8, 4) is 0 Å². The van der Waals surface area contributed by atoms with Crippen LogP contribution in [0.25, 0.3) is 0 Å². The summed E-state index contributed by atoms with van der Waals surface area (Å²) in [5, 5.41) is 13.2. The maximum absolute atomic E-state index is 13.4. The fourth-order valence-corrected chi connectivity index (χ4v) is 3.39. The van der Waals surface area contributed by atoms with Crippen LogP contribution >= 0.6 is 0 Å². The van der Waals surface area contributed by atoms with E-state index in [0.717, 1.165) is 5.56 Å². The van der Waals surface area contributed by atoms with Crippen molar-refractivity contribution in [2.75, 3.05) is 19.8 Å². The molecule has 1 aromatic rings. The van der Waals surface area contributed by atoms with Gasteiger partial charge in [0.2, 0.25) is 0 Å². The lowest BCUT2D eigenvalue weighted by atomic mass is 9.89. The number of aliphatic hydroxyl groups is 1. The predicted octanol–water partition coefficient (Wildman–Crippen LogP) is 1.88. The summed E-state index contributed by atoms with van der Waals surface area (Å²) in [5.74, 6) is -0.0757. The highest BCUT2D eigenvalue weighted by molar-refractivity contribution is 5.24. The van der Waals surface area contributed by atoms with E-state index in [2.05, 4.69) is 5.16 Å². The smallest absolute Gasteiger partial charge is 0.396 e. The average Bonchev–Trinajstić information content (AvgIpc) is 2.89. The Hall–Kier alpha value is -1.12. The van der Waals surface area contributed by atoms with Crippen molar-refractivity contribution in [2.45, 2.75) is 44.6 Å². The molecule has 1 fully saturated rings. The lowest BCUT2D eigenvalue weighted by Crippen LogP contribution is -2.54. The van der Waals surface area contributed by atoms with E-state index in [9.17, 15) is 18.3 Å². The van der Waals surface area contributed by atoms with Crippen molar-refractivity contribution < 1.29 is 27.5 Å². The Morgan fingerprint density at radius 2 is 2.18 bits per heavy atom. The second kappa shape index (κ2) is 6.17. The van der Waals surface area contributed by atoms with Crippen molar-refractivity contribution in [3.63, 3.8) is 0 Å². The molecular formula is C14H19F3N2O3. The van der Waals surface area contributed by atoms with Crippen molar-refractivity contribution in [1.29, 1.82) is 0 Å². The number of alkyl halides is 3. The summed E-state index contributed by atoms with van der Waals surface area (Å²) in [5.41, 5.74) is 1.29. The summed E-state index contributed by atoms with van der Waals surface area (Å²) in [4.78, 5) is 1.36. The maximum atomic E-state index is 13.4. The number of likely N-dealkylation sites (tertiary alicyclic amines) is 1. The lowest BCUT2D eigenvalue weighted by Gasteiger charge is -2.41. The van der Waals surface area contributed by atoms with Crippen LogP contribution in [0.15, 0.2) is 4.52 Å². The summed E-state index contributed by atoms with van der Waals surface area (Å²) in [7, 11) is 0. The summed E-state index contributed by atoms with van der Waals surface area (Å²) < 4.78 is 50.7. The van der Waals surface area contributed by atoms with E-state index in [0.29, 0.717) is 50.5 Å². The number of piperidine rings is 1. The van der Waals surface area contributed by atoms with Crippen molar-refractivity contribution >= 4 is 0 Å². The maximum Gasteiger partial charge on any atom is 0.404 e. The van der Waals surface area contributed by atoms with Crippen LogP contribution in [-0.2, 0) is 24.3 Å². The molecule has 5 nitrogen and oxygen atoms in total. The first-order valence-corrected chi connectivity index (χ1v) is 7.46. The van der Waals surface area contributed by atoms with Gasteiger partial charge in [0.15, 0.2) is 0 Å². The third-order valence-electron chi connectivity index (χ3n) is 4.45. The van der Waals surface area contributed by atoms with Gasteiger partial charge in [0.1, 0.15) is 17.5 Å². The molecule has 1 saturated heterocycles. The number of rotatable bonds is 3. The van der Waals surface area contributed by atoms with E-state index >= 15 is 0 Å². The van der Waals surface area contributed by atoms with Gasteiger partial charge in [0.25, 0.3) is 0 Å². The molecule has 2 aliphatic rings. The van der Waals surface area contributed by atoms with Crippen LogP contribution in [0.1, 0.15) is 29.9 Å². The lowest BCUT2D eigenvalue weighted by molar-refractivity contribution is -0.211. The fraction of sp³-hybridized carbons (Fsp3) is 0.786. The summed E-state index contributed by atoms with van der Waals surface area (Å²) in [6.45, 7) is 0.831. The normalized spacial score (nSPS) is 26.9. The van der Waals surface area contributed by atoms with Crippen LogP contribution in [0.3, 0.4) is 0 Å². The number of nitrogens with zero attached hydrogens (tertiary/aromatic N) is 2. The van der Waals surface area contributed by atoms with Gasteiger partial charge in [-0.2, -0.15) is 13.2 Å². The van der Waals surface area contributed by atoms with Gasteiger partial charge in [-0.3, -0.25) is 4.90 Å². The first-order valence-electron chi connectivity index (χ1n) is 7.46. The van der Waals surface area contributed by atoms with Gasteiger partial charge in [-0.05, 0) is 19.4 Å². The summed E-state index contributed by atoms with van der Waals surface area (Å²) in [6, 6.07) is -1.64. The minimum atomic E-state index is -4.37. The highest BCUT2D eigenvalue weighted by atomic mass is 19.4. The van der Waals surface area contributed by atoms with Gasteiger partial charge in [-0.1, -0.05) is 5.16 Å². The molecule has 0 amide bonds. The summed E-state index contributed by atoms with van der Waals surface area (Å²) >= 11 is 0. The molecule has 124 valence electrons. The second-order valence-corrected chi connectivity index (χ2v) is 5.88. The van der Waals surface area contributed by atoms with Gasteiger partial charge < -0.3 is 14.4 Å². The van der Waals surface area contributed by atoms with E-state index < -0.39 is 24.7 Å². The molecule has 0 unspecified atom stereocenters. The van der Waals surface area contributed by atoms with Crippen LogP contribution in [0.4, 0.5) is 13.2 Å². The monoisotopic (exact) mass is 320 g/mol. The summed E-state index contributed by atoms with van der Waals surface area (Å²) in [6.07, 6.45) is -2.75. The Balaban J connectivity index is 1.81. The molecule has 0 saturated carbocycles. The molecule has 2 aliphatic heterocycles. The Kier molecular flexibility index (Phi) is 4.42. The second-order valence-electron chi connectivity index (χ2n) is 5.88. The van der Waals surface area contributed by atoms with Crippen molar-refractivity contribution in [3.05, 3.63) is 17.0 Å². The molecule has 0 aromatic carbocycles. The largest absolute Gasteiger partial charge is 0.404 e. The van der Waals surface area contributed by atoms with Crippen LogP contribution in [0.2, 0.25) is 0 Å². The molecule has 0 bridgehead atoms. The third-order valence-corrected chi connectivity index (χ3v) is 4.45. The van der Waals surface area contributed by atoms with E-state index in [1.165, 1.54) is 4.90 Å². The number of halogens is 3. The van der Waals surface area contributed by atoms with Gasteiger partial charge in [-0.15, -0.1) is 0 Å². The molecule has 2 atom stereocenters. The van der Waals surface area contributed by atoms with E-state index in [1.807, 2.05) is 0 Å². The van der Waals surface area contributed by atoms with E-state index in [-0.39, 0.29) is 6.54 Å². The first kappa shape index (κ1) is 15.8. The van der Waals surface area contributed by atoms with Crippen LogP contribution in [0, 0.1) is 5.92 Å². The Morgan fingerprint density at radius 1 is 1.36 bits per heavy atom. The molecule has 3 heterocycles. The zero-order valence-corrected chi connectivity index (χ0v) is 12.1. The average molecular weight is 320 g/mol. The van der Waals surface area contributed by atoms with Crippen molar-refractivity contribution in [1.82, 2.24) is 10.1 Å². The highest BCUT2D eigenvalue weighted by Gasteiger charge is 2.49. The molecule has 8 heteroatoms. The molecule has 22 heavy (non-hydrogen) atoms. The Bertz CT molecular complexity index is 518. The molecule has 0 radical (unpaired) electrons. The van der Waals surface area contributed by atoms with Crippen LogP contribution in [-0.4, -0.2) is 47.1 Å². The van der Waals surface area contributed by atoms with Gasteiger partial charge >= 0.3 is 6.18 Å².